The van der Waals surface area contributed by atoms with Gasteiger partial charge in [0, 0.05) is 42.8 Å². The fourth-order valence-electron chi connectivity index (χ4n) is 2.93. The lowest BCUT2D eigenvalue weighted by molar-refractivity contribution is -0.133. The zero-order valence-corrected chi connectivity index (χ0v) is 15.5. The maximum absolute atomic E-state index is 13.1. The van der Waals surface area contributed by atoms with Crippen molar-refractivity contribution in [2.45, 2.75) is 6.42 Å². The number of nitrogens with zero attached hydrogens (tertiary/aromatic N) is 2. The van der Waals surface area contributed by atoms with Gasteiger partial charge >= 0.3 is 0 Å². The third-order valence-electron chi connectivity index (χ3n) is 4.37. The first-order valence-electron chi connectivity index (χ1n) is 8.74. The SMILES string of the molecule is O=C(CCOc1cccc(F)c1)N1CCN(C(=O)c2cccc(Cl)c2)CC1. The summed E-state index contributed by atoms with van der Waals surface area (Å²) in [5.74, 6) is -0.0978. The van der Waals surface area contributed by atoms with Gasteiger partial charge in [0.2, 0.25) is 5.91 Å². The molecule has 2 aromatic rings. The van der Waals surface area contributed by atoms with Gasteiger partial charge in [-0.25, -0.2) is 4.39 Å². The Morgan fingerprint density at radius 1 is 1.00 bits per heavy atom. The molecule has 0 aliphatic carbocycles. The minimum Gasteiger partial charge on any atom is -0.493 e. The highest BCUT2D eigenvalue weighted by atomic mass is 35.5. The Labute approximate surface area is 162 Å². The average molecular weight is 391 g/mol. The van der Waals surface area contributed by atoms with Crippen molar-refractivity contribution in [2.24, 2.45) is 0 Å². The van der Waals surface area contributed by atoms with Crippen molar-refractivity contribution in [3.05, 3.63) is 64.9 Å². The summed E-state index contributed by atoms with van der Waals surface area (Å²) in [7, 11) is 0. The molecular formula is C20H20ClFN2O3. The molecule has 0 N–H and O–H groups in total. The van der Waals surface area contributed by atoms with E-state index in [4.69, 9.17) is 16.3 Å². The molecule has 1 aliphatic heterocycles. The quantitative estimate of drug-likeness (QED) is 0.787. The monoisotopic (exact) mass is 390 g/mol. The third kappa shape index (κ3) is 5.20. The standard InChI is InChI=1S/C20H20ClFN2O3/c21-16-4-1-3-15(13-16)20(26)24-10-8-23(9-11-24)19(25)7-12-27-18-6-2-5-17(22)14-18/h1-6,13-14H,7-12H2. The van der Waals surface area contributed by atoms with E-state index in [1.807, 2.05) is 0 Å². The van der Waals surface area contributed by atoms with Crippen LogP contribution in [0.25, 0.3) is 0 Å². The van der Waals surface area contributed by atoms with Crippen molar-refractivity contribution >= 4 is 23.4 Å². The highest BCUT2D eigenvalue weighted by molar-refractivity contribution is 6.30. The first kappa shape index (κ1) is 19.2. The van der Waals surface area contributed by atoms with Gasteiger partial charge in [-0.1, -0.05) is 23.7 Å². The van der Waals surface area contributed by atoms with Crippen LogP contribution in [0, 0.1) is 5.82 Å². The van der Waals surface area contributed by atoms with E-state index in [0.29, 0.717) is 42.5 Å². The van der Waals surface area contributed by atoms with Crippen molar-refractivity contribution in [3.8, 4) is 5.75 Å². The fourth-order valence-corrected chi connectivity index (χ4v) is 3.12. The van der Waals surface area contributed by atoms with E-state index in [1.54, 1.807) is 46.2 Å². The molecule has 142 valence electrons. The van der Waals surface area contributed by atoms with Crippen LogP contribution < -0.4 is 4.74 Å². The summed E-state index contributed by atoms with van der Waals surface area (Å²) in [5.41, 5.74) is 0.547. The highest BCUT2D eigenvalue weighted by Gasteiger charge is 2.24. The number of carbonyl (C=O) groups excluding carboxylic acids is 2. The van der Waals surface area contributed by atoms with Gasteiger partial charge in [0.25, 0.3) is 5.91 Å². The van der Waals surface area contributed by atoms with E-state index in [2.05, 4.69) is 0 Å². The molecule has 0 bridgehead atoms. The van der Waals surface area contributed by atoms with Crippen molar-refractivity contribution in [1.29, 1.82) is 0 Å². The summed E-state index contributed by atoms with van der Waals surface area (Å²) in [4.78, 5) is 28.2. The Hall–Kier alpha value is -2.60. The summed E-state index contributed by atoms with van der Waals surface area (Å²) in [6, 6.07) is 12.7. The van der Waals surface area contributed by atoms with E-state index in [-0.39, 0.29) is 30.7 Å². The van der Waals surface area contributed by atoms with Crippen LogP contribution in [-0.4, -0.2) is 54.4 Å². The van der Waals surface area contributed by atoms with Gasteiger partial charge in [0.05, 0.1) is 13.0 Å². The Morgan fingerprint density at radius 3 is 2.41 bits per heavy atom. The van der Waals surface area contributed by atoms with Gasteiger partial charge in [-0.15, -0.1) is 0 Å². The predicted octanol–water partition coefficient (Wildman–Crippen LogP) is 3.23. The Balaban J connectivity index is 1.44. The molecule has 0 radical (unpaired) electrons. The molecule has 1 aliphatic rings. The summed E-state index contributed by atoms with van der Waals surface area (Å²) in [6.45, 7) is 2.09. The largest absolute Gasteiger partial charge is 0.493 e. The minimum absolute atomic E-state index is 0.0405. The van der Waals surface area contributed by atoms with Crippen LogP contribution in [0.1, 0.15) is 16.8 Å². The average Bonchev–Trinajstić information content (AvgIpc) is 2.67. The lowest BCUT2D eigenvalue weighted by atomic mass is 10.2. The minimum atomic E-state index is -0.376. The lowest BCUT2D eigenvalue weighted by Gasteiger charge is -2.35. The number of amides is 2. The zero-order chi connectivity index (χ0) is 19.2. The number of carbonyl (C=O) groups is 2. The van der Waals surface area contributed by atoms with Crippen LogP contribution in [0.3, 0.4) is 0 Å². The Kier molecular flexibility index (Phi) is 6.29. The van der Waals surface area contributed by atoms with Crippen LogP contribution in [0.4, 0.5) is 4.39 Å². The van der Waals surface area contributed by atoms with Crippen LogP contribution in [0.5, 0.6) is 5.75 Å². The maximum atomic E-state index is 13.1. The highest BCUT2D eigenvalue weighted by Crippen LogP contribution is 2.15. The molecular weight excluding hydrogens is 371 g/mol. The second-order valence-electron chi connectivity index (χ2n) is 6.24. The molecule has 5 nitrogen and oxygen atoms in total. The van der Waals surface area contributed by atoms with E-state index in [0.717, 1.165) is 0 Å². The molecule has 2 amide bonds. The number of benzene rings is 2. The second kappa shape index (κ2) is 8.86. The fraction of sp³-hybridized carbons (Fsp3) is 0.300. The van der Waals surface area contributed by atoms with Gasteiger partial charge in [0.15, 0.2) is 0 Å². The van der Waals surface area contributed by atoms with Gasteiger partial charge in [-0.3, -0.25) is 9.59 Å². The van der Waals surface area contributed by atoms with Crippen molar-refractivity contribution in [3.63, 3.8) is 0 Å². The van der Waals surface area contributed by atoms with Crippen LogP contribution in [0.2, 0.25) is 5.02 Å². The zero-order valence-electron chi connectivity index (χ0n) is 14.7. The van der Waals surface area contributed by atoms with Crippen molar-refractivity contribution in [1.82, 2.24) is 9.80 Å². The Bertz CT molecular complexity index is 822. The molecule has 3 rings (SSSR count). The smallest absolute Gasteiger partial charge is 0.254 e. The van der Waals surface area contributed by atoms with Crippen LogP contribution in [-0.2, 0) is 4.79 Å². The number of ether oxygens (including phenoxy) is 1. The van der Waals surface area contributed by atoms with E-state index in [9.17, 15) is 14.0 Å². The summed E-state index contributed by atoms with van der Waals surface area (Å²) in [6.07, 6.45) is 0.207. The molecule has 0 unspecified atom stereocenters. The molecule has 0 saturated carbocycles. The molecule has 27 heavy (non-hydrogen) atoms. The number of piperazine rings is 1. The van der Waals surface area contributed by atoms with Gasteiger partial charge in [-0.05, 0) is 30.3 Å². The number of rotatable bonds is 5. The van der Waals surface area contributed by atoms with Crippen molar-refractivity contribution < 1.29 is 18.7 Å². The molecule has 0 atom stereocenters. The normalized spacial score (nSPS) is 14.1. The lowest BCUT2D eigenvalue weighted by Crippen LogP contribution is -2.50. The van der Waals surface area contributed by atoms with E-state index >= 15 is 0 Å². The first-order chi connectivity index (χ1) is 13.0. The molecule has 7 heteroatoms. The maximum Gasteiger partial charge on any atom is 0.254 e. The topological polar surface area (TPSA) is 49.9 Å². The molecule has 1 saturated heterocycles. The number of hydrogen-bond acceptors (Lipinski definition) is 3. The first-order valence-corrected chi connectivity index (χ1v) is 9.12. The summed E-state index contributed by atoms with van der Waals surface area (Å²) >= 11 is 5.94. The molecule has 0 aromatic heterocycles. The number of halogens is 2. The summed E-state index contributed by atoms with van der Waals surface area (Å²) in [5, 5.41) is 0.521. The molecule has 1 heterocycles. The molecule has 2 aromatic carbocycles. The van der Waals surface area contributed by atoms with Gasteiger partial charge in [-0.2, -0.15) is 0 Å². The third-order valence-corrected chi connectivity index (χ3v) is 4.61. The number of hydrogen-bond donors (Lipinski definition) is 0. The van der Waals surface area contributed by atoms with E-state index < -0.39 is 0 Å². The van der Waals surface area contributed by atoms with Crippen molar-refractivity contribution in [2.75, 3.05) is 32.8 Å². The molecule has 1 fully saturated rings. The van der Waals surface area contributed by atoms with Gasteiger partial charge < -0.3 is 14.5 Å². The van der Waals surface area contributed by atoms with Crippen LogP contribution >= 0.6 is 11.6 Å². The Morgan fingerprint density at radius 2 is 1.70 bits per heavy atom. The summed E-state index contributed by atoms with van der Waals surface area (Å²) < 4.78 is 18.5. The predicted molar refractivity (Wildman–Crippen MR) is 100 cm³/mol. The second-order valence-corrected chi connectivity index (χ2v) is 6.68. The molecule has 0 spiro atoms. The van der Waals surface area contributed by atoms with Gasteiger partial charge in [0.1, 0.15) is 11.6 Å². The van der Waals surface area contributed by atoms with Crippen LogP contribution in [0.15, 0.2) is 48.5 Å². The van der Waals surface area contributed by atoms with E-state index in [1.165, 1.54) is 12.1 Å².